The molecule has 2 atom stereocenters. The van der Waals surface area contributed by atoms with E-state index in [0.29, 0.717) is 17.7 Å². The third kappa shape index (κ3) is 3.81. The maximum absolute atomic E-state index is 12.5. The van der Waals surface area contributed by atoms with Crippen molar-refractivity contribution in [3.8, 4) is 6.07 Å². The van der Waals surface area contributed by atoms with Gasteiger partial charge < -0.3 is 15.0 Å². The first-order valence-electron chi connectivity index (χ1n) is 8.46. The molecule has 2 heterocycles. The Labute approximate surface area is 152 Å². The normalized spacial score (nSPS) is 19.2. The van der Waals surface area contributed by atoms with Crippen molar-refractivity contribution in [3.63, 3.8) is 0 Å². The summed E-state index contributed by atoms with van der Waals surface area (Å²) in [6, 6.07) is 9.11. The second-order valence-corrected chi connectivity index (χ2v) is 6.32. The Kier molecular flexibility index (Phi) is 5.44. The molecule has 7 nitrogen and oxygen atoms in total. The highest BCUT2D eigenvalue weighted by molar-refractivity contribution is 5.95. The molecule has 1 N–H and O–H groups in total. The van der Waals surface area contributed by atoms with Gasteiger partial charge >= 0.3 is 0 Å². The van der Waals surface area contributed by atoms with Crippen molar-refractivity contribution < 1.29 is 9.53 Å². The first-order chi connectivity index (χ1) is 12.6. The number of aryl methyl sites for hydroxylation is 1. The van der Waals surface area contributed by atoms with Gasteiger partial charge in [0.15, 0.2) is 0 Å². The first-order valence-corrected chi connectivity index (χ1v) is 8.46. The van der Waals surface area contributed by atoms with Gasteiger partial charge in [-0.05, 0) is 43.2 Å². The third-order valence-electron chi connectivity index (χ3n) is 4.67. The predicted molar refractivity (Wildman–Crippen MR) is 96.8 cm³/mol. The van der Waals surface area contributed by atoms with E-state index in [1.54, 1.807) is 31.5 Å². The van der Waals surface area contributed by atoms with E-state index in [1.165, 1.54) is 6.33 Å². The molecule has 0 bridgehead atoms. The summed E-state index contributed by atoms with van der Waals surface area (Å²) in [5.41, 5.74) is 1.92. The van der Waals surface area contributed by atoms with E-state index in [9.17, 15) is 4.79 Å². The number of nitrogens with zero attached hydrogens (tertiary/aromatic N) is 4. The van der Waals surface area contributed by atoms with Gasteiger partial charge in [0.1, 0.15) is 12.1 Å². The van der Waals surface area contributed by atoms with Crippen molar-refractivity contribution in [2.45, 2.75) is 25.5 Å². The van der Waals surface area contributed by atoms with E-state index in [2.05, 4.69) is 26.3 Å². The van der Waals surface area contributed by atoms with Crippen molar-refractivity contribution in [1.82, 2.24) is 15.3 Å². The van der Waals surface area contributed by atoms with Gasteiger partial charge in [0.25, 0.3) is 5.91 Å². The van der Waals surface area contributed by atoms with Gasteiger partial charge in [-0.25, -0.2) is 9.97 Å². The molecule has 3 rings (SSSR count). The molecule has 0 spiro atoms. The van der Waals surface area contributed by atoms with Crippen LogP contribution in [0, 0.1) is 18.3 Å². The molecule has 1 fully saturated rings. The summed E-state index contributed by atoms with van der Waals surface area (Å²) >= 11 is 0. The molecule has 1 aliphatic heterocycles. The number of rotatable bonds is 5. The quantitative estimate of drug-likeness (QED) is 0.881. The van der Waals surface area contributed by atoms with Gasteiger partial charge in [0.05, 0.1) is 23.8 Å². The minimum atomic E-state index is -0.143. The number of carbonyl (C=O) groups excluding carboxylic acids is 1. The summed E-state index contributed by atoms with van der Waals surface area (Å²) in [6.45, 7) is 3.05. The van der Waals surface area contributed by atoms with Crippen LogP contribution in [0.1, 0.15) is 27.9 Å². The number of hydrogen-bond acceptors (Lipinski definition) is 6. The molecule has 0 unspecified atom stereocenters. The van der Waals surface area contributed by atoms with Crippen LogP contribution in [0.4, 0.5) is 5.82 Å². The molecule has 1 amide bonds. The standard InChI is InChI=1S/C19H21N5O2/c1-13-7-14(9-20)3-4-17(13)19(25)22-10-15-8-16(26-2)11-24(15)18-5-6-21-12-23-18/h3-7,12,15-16H,8,10-11H2,1-2H3,(H,22,25)/t15-,16-/m1/s1. The average molecular weight is 351 g/mol. The highest BCUT2D eigenvalue weighted by atomic mass is 16.5. The van der Waals surface area contributed by atoms with Crippen LogP contribution in [0.25, 0.3) is 0 Å². The molecule has 7 heteroatoms. The van der Waals surface area contributed by atoms with Crippen LogP contribution < -0.4 is 10.2 Å². The SMILES string of the molecule is CO[C@@H]1C[C@H](CNC(=O)c2ccc(C#N)cc2C)N(c2ccncn2)C1. The van der Waals surface area contributed by atoms with Gasteiger partial charge in [0, 0.05) is 32.0 Å². The summed E-state index contributed by atoms with van der Waals surface area (Å²) in [7, 11) is 1.70. The zero-order chi connectivity index (χ0) is 18.5. The molecule has 2 aromatic rings. The summed E-state index contributed by atoms with van der Waals surface area (Å²) in [5.74, 6) is 0.684. The fourth-order valence-electron chi connectivity index (χ4n) is 3.27. The van der Waals surface area contributed by atoms with Crippen molar-refractivity contribution in [3.05, 3.63) is 53.5 Å². The van der Waals surface area contributed by atoms with E-state index >= 15 is 0 Å². The minimum Gasteiger partial charge on any atom is -0.380 e. The number of carbonyl (C=O) groups is 1. The third-order valence-corrected chi connectivity index (χ3v) is 4.67. The van der Waals surface area contributed by atoms with E-state index in [4.69, 9.17) is 10.00 Å². The van der Waals surface area contributed by atoms with Crippen molar-refractivity contribution in [2.75, 3.05) is 25.1 Å². The molecule has 1 aromatic carbocycles. The number of hydrogen-bond donors (Lipinski definition) is 1. The zero-order valence-electron chi connectivity index (χ0n) is 14.8. The van der Waals surface area contributed by atoms with Gasteiger partial charge in [-0.1, -0.05) is 0 Å². The van der Waals surface area contributed by atoms with Gasteiger partial charge in [-0.3, -0.25) is 4.79 Å². The van der Waals surface area contributed by atoms with Crippen LogP contribution in [-0.2, 0) is 4.74 Å². The number of nitrogens with one attached hydrogen (secondary N) is 1. The van der Waals surface area contributed by atoms with E-state index in [0.717, 1.165) is 24.3 Å². The van der Waals surface area contributed by atoms with E-state index in [1.807, 2.05) is 13.0 Å². The van der Waals surface area contributed by atoms with E-state index < -0.39 is 0 Å². The zero-order valence-corrected chi connectivity index (χ0v) is 14.8. The second-order valence-electron chi connectivity index (χ2n) is 6.32. The topological polar surface area (TPSA) is 91.1 Å². The molecule has 1 aliphatic rings. The number of ether oxygens (including phenoxy) is 1. The van der Waals surface area contributed by atoms with Crippen LogP contribution in [0.15, 0.2) is 36.8 Å². The molecular formula is C19H21N5O2. The lowest BCUT2D eigenvalue weighted by Gasteiger charge is -2.25. The summed E-state index contributed by atoms with van der Waals surface area (Å²) in [5, 5.41) is 11.9. The maximum atomic E-state index is 12.5. The number of amides is 1. The molecule has 1 saturated heterocycles. The molecule has 134 valence electrons. The Balaban J connectivity index is 1.69. The monoisotopic (exact) mass is 351 g/mol. The summed E-state index contributed by atoms with van der Waals surface area (Å²) in [6.07, 6.45) is 4.14. The highest BCUT2D eigenvalue weighted by Gasteiger charge is 2.33. The Bertz CT molecular complexity index is 818. The van der Waals surface area contributed by atoms with Crippen LogP contribution in [0.5, 0.6) is 0 Å². The lowest BCUT2D eigenvalue weighted by atomic mass is 10.0. The Morgan fingerprint density at radius 2 is 2.31 bits per heavy atom. The number of aromatic nitrogens is 2. The lowest BCUT2D eigenvalue weighted by molar-refractivity contribution is 0.0945. The molecular weight excluding hydrogens is 330 g/mol. The van der Waals surface area contributed by atoms with Crippen LogP contribution in [0.2, 0.25) is 0 Å². The number of anilines is 1. The minimum absolute atomic E-state index is 0.0949. The number of methoxy groups -OCH3 is 1. The van der Waals surface area contributed by atoms with Crippen molar-refractivity contribution in [1.29, 1.82) is 5.26 Å². The molecule has 0 radical (unpaired) electrons. The fraction of sp³-hybridized carbons (Fsp3) is 0.368. The molecule has 0 aliphatic carbocycles. The maximum Gasteiger partial charge on any atom is 0.251 e. The Hall–Kier alpha value is -2.98. The van der Waals surface area contributed by atoms with E-state index in [-0.39, 0.29) is 18.1 Å². The first kappa shape index (κ1) is 17.8. The van der Waals surface area contributed by atoms with Crippen molar-refractivity contribution >= 4 is 11.7 Å². The van der Waals surface area contributed by atoms with Crippen LogP contribution >= 0.6 is 0 Å². The Morgan fingerprint density at radius 3 is 2.96 bits per heavy atom. The largest absolute Gasteiger partial charge is 0.380 e. The van der Waals surface area contributed by atoms with Crippen molar-refractivity contribution in [2.24, 2.45) is 0 Å². The summed E-state index contributed by atoms with van der Waals surface area (Å²) < 4.78 is 5.50. The number of benzene rings is 1. The predicted octanol–water partition coefficient (Wildman–Crippen LogP) is 1.68. The molecule has 26 heavy (non-hydrogen) atoms. The summed E-state index contributed by atoms with van der Waals surface area (Å²) in [4.78, 5) is 23.0. The van der Waals surface area contributed by atoms with Crippen LogP contribution in [-0.4, -0.2) is 48.2 Å². The smallest absolute Gasteiger partial charge is 0.251 e. The molecule has 1 aromatic heterocycles. The van der Waals surface area contributed by atoms with Crippen LogP contribution in [0.3, 0.4) is 0 Å². The highest BCUT2D eigenvalue weighted by Crippen LogP contribution is 2.24. The molecule has 0 saturated carbocycles. The number of nitriles is 1. The Morgan fingerprint density at radius 1 is 1.46 bits per heavy atom. The van der Waals surface area contributed by atoms with Gasteiger partial charge in [-0.2, -0.15) is 5.26 Å². The van der Waals surface area contributed by atoms with Gasteiger partial charge in [0.2, 0.25) is 0 Å². The lowest BCUT2D eigenvalue weighted by Crippen LogP contribution is -2.40. The van der Waals surface area contributed by atoms with Gasteiger partial charge in [-0.15, -0.1) is 0 Å². The second kappa shape index (κ2) is 7.93. The average Bonchev–Trinajstić information content (AvgIpc) is 3.10. The fourth-order valence-corrected chi connectivity index (χ4v) is 3.27.